The molecule has 1 aliphatic heterocycles. The van der Waals surface area contributed by atoms with Crippen LogP contribution >= 0.6 is 0 Å². The lowest BCUT2D eigenvalue weighted by Gasteiger charge is -2.19. The first kappa shape index (κ1) is 17.1. The Morgan fingerprint density at radius 3 is 2.80 bits per heavy atom. The number of hydrogen-bond donors (Lipinski definition) is 1. The van der Waals surface area contributed by atoms with Gasteiger partial charge in [0.1, 0.15) is 5.82 Å². The van der Waals surface area contributed by atoms with Crippen molar-refractivity contribution in [2.24, 2.45) is 5.92 Å². The lowest BCUT2D eigenvalue weighted by Crippen LogP contribution is -2.23. The summed E-state index contributed by atoms with van der Waals surface area (Å²) in [5.41, 5.74) is 0.835. The van der Waals surface area contributed by atoms with E-state index in [1.54, 1.807) is 18.2 Å². The zero-order valence-electron chi connectivity index (χ0n) is 13.7. The summed E-state index contributed by atoms with van der Waals surface area (Å²) in [6, 6.07) is 7.17. The van der Waals surface area contributed by atoms with Crippen molar-refractivity contribution in [3.05, 3.63) is 47.7 Å². The Hall–Kier alpha value is -2.77. The highest BCUT2D eigenvalue weighted by Crippen LogP contribution is 2.25. The summed E-state index contributed by atoms with van der Waals surface area (Å²) in [6.07, 6.45) is 0.930. The molecule has 3 rings (SSSR count). The molecule has 1 aromatic heterocycles. The number of carbonyl (C=O) groups excluding carboxylic acids is 1. The fourth-order valence-corrected chi connectivity index (χ4v) is 2.80. The Balaban J connectivity index is 1.53. The Bertz CT molecular complexity index is 755. The minimum absolute atomic E-state index is 0.151. The fourth-order valence-electron chi connectivity index (χ4n) is 2.80. The van der Waals surface area contributed by atoms with E-state index in [4.69, 9.17) is 0 Å². The van der Waals surface area contributed by atoms with Gasteiger partial charge in [0, 0.05) is 31.4 Å². The van der Waals surface area contributed by atoms with Crippen molar-refractivity contribution in [2.75, 3.05) is 37.0 Å². The third-order valence-corrected chi connectivity index (χ3v) is 4.19. The van der Waals surface area contributed by atoms with E-state index in [9.17, 15) is 13.6 Å². The van der Waals surface area contributed by atoms with Crippen molar-refractivity contribution >= 4 is 17.5 Å². The third-order valence-electron chi connectivity index (χ3n) is 4.19. The molecule has 0 spiro atoms. The van der Waals surface area contributed by atoms with Crippen LogP contribution < -0.4 is 10.2 Å². The van der Waals surface area contributed by atoms with E-state index in [0.717, 1.165) is 25.6 Å². The average Bonchev–Trinajstić information content (AvgIpc) is 3.11. The van der Waals surface area contributed by atoms with Gasteiger partial charge >= 0.3 is 5.97 Å². The van der Waals surface area contributed by atoms with Crippen LogP contribution in [0.25, 0.3) is 0 Å². The zero-order chi connectivity index (χ0) is 17.8. The van der Waals surface area contributed by atoms with Gasteiger partial charge in [-0.05, 0) is 36.6 Å². The monoisotopic (exact) mass is 348 g/mol. The van der Waals surface area contributed by atoms with Gasteiger partial charge in [-0.1, -0.05) is 0 Å². The molecular formula is C17H18F2N4O2. The molecule has 1 unspecified atom stereocenters. The molecular weight excluding hydrogens is 330 g/mol. The first-order chi connectivity index (χ1) is 12.1. The Morgan fingerprint density at radius 2 is 2.12 bits per heavy atom. The van der Waals surface area contributed by atoms with E-state index in [-0.39, 0.29) is 5.69 Å². The van der Waals surface area contributed by atoms with Gasteiger partial charge in [0.15, 0.2) is 17.3 Å². The molecule has 1 fully saturated rings. The lowest BCUT2D eigenvalue weighted by atomic mass is 10.1. The molecule has 2 heterocycles. The zero-order valence-corrected chi connectivity index (χ0v) is 13.7. The van der Waals surface area contributed by atoms with Gasteiger partial charge in [-0.15, -0.1) is 10.2 Å². The van der Waals surface area contributed by atoms with Gasteiger partial charge in [0.25, 0.3) is 0 Å². The van der Waals surface area contributed by atoms with Gasteiger partial charge in [0.05, 0.1) is 7.11 Å². The van der Waals surface area contributed by atoms with Crippen molar-refractivity contribution in [3.63, 3.8) is 0 Å². The molecule has 8 heteroatoms. The van der Waals surface area contributed by atoms with Gasteiger partial charge in [-0.25, -0.2) is 13.6 Å². The van der Waals surface area contributed by atoms with Crippen LogP contribution in [0.1, 0.15) is 16.9 Å². The first-order valence-electron chi connectivity index (χ1n) is 7.92. The van der Waals surface area contributed by atoms with E-state index in [0.29, 0.717) is 24.0 Å². The number of methoxy groups -OCH3 is 1. The van der Waals surface area contributed by atoms with Crippen LogP contribution in [0.2, 0.25) is 0 Å². The number of halogens is 2. The number of anilines is 2. The maximum absolute atomic E-state index is 13.4. The third kappa shape index (κ3) is 4.01. The minimum atomic E-state index is -0.838. The number of nitrogens with zero attached hydrogens (tertiary/aromatic N) is 3. The molecule has 1 saturated heterocycles. The van der Waals surface area contributed by atoms with Crippen LogP contribution in [0.4, 0.5) is 20.3 Å². The SMILES string of the molecule is COC(=O)c1ccc(NCC2CCN(c3ccc(F)c(F)c3)C2)nn1. The van der Waals surface area contributed by atoms with Gasteiger partial charge in [0.2, 0.25) is 0 Å². The fraction of sp³-hybridized carbons (Fsp3) is 0.353. The standard InChI is InChI=1S/C17H18F2N4O2/c1-25-17(24)15-4-5-16(22-21-15)20-9-11-6-7-23(10-11)12-2-3-13(18)14(19)8-12/h2-5,8,11H,6-7,9-10H2,1H3,(H,20,22). The van der Waals surface area contributed by atoms with E-state index in [1.165, 1.54) is 13.2 Å². The number of nitrogens with one attached hydrogen (secondary N) is 1. The average molecular weight is 348 g/mol. The molecule has 0 saturated carbocycles. The summed E-state index contributed by atoms with van der Waals surface area (Å²) < 4.78 is 30.9. The van der Waals surface area contributed by atoms with Crippen LogP contribution in [-0.2, 0) is 4.74 Å². The number of ether oxygens (including phenoxy) is 1. The van der Waals surface area contributed by atoms with Crippen molar-refractivity contribution in [1.29, 1.82) is 0 Å². The highest BCUT2D eigenvalue weighted by molar-refractivity contribution is 5.86. The summed E-state index contributed by atoms with van der Waals surface area (Å²) in [5.74, 6) is -1.29. The largest absolute Gasteiger partial charge is 0.464 e. The molecule has 2 aromatic rings. The Morgan fingerprint density at radius 1 is 1.28 bits per heavy atom. The first-order valence-corrected chi connectivity index (χ1v) is 7.92. The van der Waals surface area contributed by atoms with Gasteiger partial charge in [-0.2, -0.15) is 0 Å². The predicted octanol–water partition coefficient (Wildman–Crippen LogP) is 2.48. The topological polar surface area (TPSA) is 67.3 Å². The number of benzene rings is 1. The van der Waals surface area contributed by atoms with E-state index < -0.39 is 17.6 Å². The summed E-state index contributed by atoms with van der Waals surface area (Å²) in [7, 11) is 1.29. The molecule has 6 nitrogen and oxygen atoms in total. The summed E-state index contributed by atoms with van der Waals surface area (Å²) in [4.78, 5) is 13.3. The van der Waals surface area contributed by atoms with Crippen LogP contribution in [0.3, 0.4) is 0 Å². The van der Waals surface area contributed by atoms with Gasteiger partial charge < -0.3 is 15.0 Å². The molecule has 1 aliphatic rings. The molecule has 1 N–H and O–H groups in total. The highest BCUT2D eigenvalue weighted by Gasteiger charge is 2.23. The Kier molecular flexibility index (Phi) is 5.06. The smallest absolute Gasteiger partial charge is 0.358 e. The maximum Gasteiger partial charge on any atom is 0.358 e. The molecule has 0 radical (unpaired) electrons. The molecule has 0 amide bonds. The van der Waals surface area contributed by atoms with Crippen LogP contribution in [0.5, 0.6) is 0 Å². The predicted molar refractivity (Wildman–Crippen MR) is 88.5 cm³/mol. The quantitative estimate of drug-likeness (QED) is 0.838. The molecule has 1 atom stereocenters. The molecule has 132 valence electrons. The van der Waals surface area contributed by atoms with E-state index in [2.05, 4.69) is 20.3 Å². The van der Waals surface area contributed by atoms with Crippen molar-refractivity contribution in [1.82, 2.24) is 10.2 Å². The highest BCUT2D eigenvalue weighted by atomic mass is 19.2. The maximum atomic E-state index is 13.4. The van der Waals surface area contributed by atoms with E-state index >= 15 is 0 Å². The van der Waals surface area contributed by atoms with Crippen LogP contribution in [0.15, 0.2) is 30.3 Å². The summed E-state index contributed by atoms with van der Waals surface area (Å²) in [5, 5.41) is 10.9. The molecule has 0 bridgehead atoms. The normalized spacial score (nSPS) is 16.8. The summed E-state index contributed by atoms with van der Waals surface area (Å²) >= 11 is 0. The second kappa shape index (κ2) is 7.42. The minimum Gasteiger partial charge on any atom is -0.464 e. The number of esters is 1. The van der Waals surface area contributed by atoms with Crippen molar-refractivity contribution in [2.45, 2.75) is 6.42 Å². The number of hydrogen-bond acceptors (Lipinski definition) is 6. The van der Waals surface area contributed by atoms with Crippen molar-refractivity contribution < 1.29 is 18.3 Å². The molecule has 25 heavy (non-hydrogen) atoms. The molecule has 1 aromatic carbocycles. The number of carbonyl (C=O) groups is 1. The Labute approximate surface area is 143 Å². The van der Waals surface area contributed by atoms with Crippen LogP contribution in [0, 0.1) is 17.6 Å². The summed E-state index contributed by atoms with van der Waals surface area (Å²) in [6.45, 7) is 2.20. The second-order valence-corrected chi connectivity index (χ2v) is 5.88. The second-order valence-electron chi connectivity index (χ2n) is 5.88. The molecule has 0 aliphatic carbocycles. The lowest BCUT2D eigenvalue weighted by molar-refractivity contribution is 0.0592. The van der Waals surface area contributed by atoms with Crippen molar-refractivity contribution in [3.8, 4) is 0 Å². The number of aromatic nitrogens is 2. The van der Waals surface area contributed by atoms with Crippen LogP contribution in [-0.4, -0.2) is 42.9 Å². The van der Waals surface area contributed by atoms with Gasteiger partial charge in [-0.3, -0.25) is 0 Å². The van der Waals surface area contributed by atoms with E-state index in [1.807, 2.05) is 4.90 Å². The number of rotatable bonds is 5.